The van der Waals surface area contributed by atoms with Crippen molar-refractivity contribution in [3.63, 3.8) is 0 Å². The fourth-order valence-corrected chi connectivity index (χ4v) is 3.61. The maximum absolute atomic E-state index is 12.2. The van der Waals surface area contributed by atoms with Crippen molar-refractivity contribution in [1.82, 2.24) is 9.88 Å². The predicted octanol–water partition coefficient (Wildman–Crippen LogP) is 1.87. The average molecular weight is 374 g/mol. The van der Waals surface area contributed by atoms with Crippen LogP contribution in [0, 0.1) is 13.8 Å². The Morgan fingerprint density at radius 1 is 1.38 bits per heavy atom. The number of amides is 1. The van der Waals surface area contributed by atoms with Gasteiger partial charge >= 0.3 is 0 Å². The summed E-state index contributed by atoms with van der Waals surface area (Å²) in [5, 5.41) is 6.44. The van der Waals surface area contributed by atoms with Crippen LogP contribution in [-0.4, -0.2) is 33.1 Å². The second kappa shape index (κ2) is 7.20. The zero-order chi connectivity index (χ0) is 17.9. The van der Waals surface area contributed by atoms with Crippen LogP contribution >= 0.6 is 11.6 Å². The molecule has 24 heavy (non-hydrogen) atoms. The third kappa shape index (κ3) is 4.05. The summed E-state index contributed by atoms with van der Waals surface area (Å²) in [5.41, 5.74) is 0.643. The molecular weight excluding hydrogens is 358 g/mol. The van der Waals surface area contributed by atoms with Gasteiger partial charge in [0, 0.05) is 5.69 Å². The zero-order valence-electron chi connectivity index (χ0n) is 13.2. The smallest absolute Gasteiger partial charge is 0.246 e. The summed E-state index contributed by atoms with van der Waals surface area (Å²) in [4.78, 5) is 11.8. The molecule has 2 N–H and O–H groups in total. The first-order valence-corrected chi connectivity index (χ1v) is 8.66. The Bertz CT molecular complexity index is 844. The fraction of sp³-hybridized carbons (Fsp3) is 0.286. The minimum Gasteiger partial charge on any atom is -0.495 e. The maximum Gasteiger partial charge on any atom is 0.246 e. The molecule has 0 bridgehead atoms. The Kier molecular flexibility index (Phi) is 5.47. The summed E-state index contributed by atoms with van der Waals surface area (Å²) in [5.74, 6) is 0.0719. The molecule has 2 rings (SSSR count). The van der Waals surface area contributed by atoms with Crippen LogP contribution in [-0.2, 0) is 14.8 Å². The van der Waals surface area contributed by atoms with Gasteiger partial charge in [-0.25, -0.2) is 13.1 Å². The number of aromatic nitrogens is 1. The van der Waals surface area contributed by atoms with Gasteiger partial charge in [0.2, 0.25) is 15.9 Å². The van der Waals surface area contributed by atoms with E-state index >= 15 is 0 Å². The highest BCUT2D eigenvalue weighted by atomic mass is 35.5. The van der Waals surface area contributed by atoms with Crippen molar-refractivity contribution >= 4 is 33.2 Å². The van der Waals surface area contributed by atoms with Crippen molar-refractivity contribution < 1.29 is 22.5 Å². The molecule has 0 aliphatic heterocycles. The van der Waals surface area contributed by atoms with E-state index in [-0.39, 0.29) is 16.3 Å². The molecule has 130 valence electrons. The predicted molar refractivity (Wildman–Crippen MR) is 87.8 cm³/mol. The van der Waals surface area contributed by atoms with Crippen LogP contribution in [0.1, 0.15) is 11.5 Å². The van der Waals surface area contributed by atoms with Gasteiger partial charge in [-0.3, -0.25) is 4.79 Å². The van der Waals surface area contributed by atoms with Crippen LogP contribution in [0.3, 0.4) is 0 Å². The largest absolute Gasteiger partial charge is 0.495 e. The average Bonchev–Trinajstić information content (AvgIpc) is 2.85. The monoisotopic (exact) mass is 373 g/mol. The second-order valence-electron chi connectivity index (χ2n) is 4.88. The van der Waals surface area contributed by atoms with E-state index in [4.69, 9.17) is 20.9 Å². The molecule has 0 radical (unpaired) electrons. The van der Waals surface area contributed by atoms with Crippen molar-refractivity contribution in [2.24, 2.45) is 0 Å². The van der Waals surface area contributed by atoms with Crippen LogP contribution in [0.4, 0.5) is 5.69 Å². The third-order valence-electron chi connectivity index (χ3n) is 3.09. The van der Waals surface area contributed by atoms with Crippen molar-refractivity contribution in [2.75, 3.05) is 19.0 Å². The molecule has 0 saturated carbocycles. The number of ether oxygens (including phenoxy) is 1. The van der Waals surface area contributed by atoms with Gasteiger partial charge in [0.15, 0.2) is 5.76 Å². The molecule has 1 aromatic heterocycles. The molecule has 0 aliphatic carbocycles. The lowest BCUT2D eigenvalue weighted by Crippen LogP contribution is -2.33. The molecule has 0 saturated heterocycles. The number of benzene rings is 1. The molecule has 8 nitrogen and oxygen atoms in total. The van der Waals surface area contributed by atoms with E-state index in [1.807, 2.05) is 0 Å². The Labute approximate surface area is 144 Å². The number of nitrogens with zero attached hydrogens (tertiary/aromatic N) is 1. The molecule has 0 atom stereocenters. The first-order chi connectivity index (χ1) is 11.2. The molecular formula is C14H16ClN3O5S. The Morgan fingerprint density at radius 3 is 2.62 bits per heavy atom. The number of carbonyl (C=O) groups excluding carboxylic acids is 1. The van der Waals surface area contributed by atoms with E-state index < -0.39 is 22.5 Å². The molecule has 0 fully saturated rings. The van der Waals surface area contributed by atoms with Crippen molar-refractivity contribution in [2.45, 2.75) is 18.7 Å². The van der Waals surface area contributed by atoms with Gasteiger partial charge in [-0.05, 0) is 32.0 Å². The normalized spacial score (nSPS) is 11.3. The summed E-state index contributed by atoms with van der Waals surface area (Å²) in [7, 11) is -2.42. The van der Waals surface area contributed by atoms with Gasteiger partial charge in [0.25, 0.3) is 0 Å². The number of nitrogens with one attached hydrogen (secondary N) is 2. The quantitative estimate of drug-likeness (QED) is 0.799. The lowest BCUT2D eigenvalue weighted by molar-refractivity contribution is -0.115. The molecule has 0 aliphatic rings. The van der Waals surface area contributed by atoms with E-state index in [1.165, 1.54) is 27.0 Å². The summed E-state index contributed by atoms with van der Waals surface area (Å²) in [6.07, 6.45) is 0. The zero-order valence-corrected chi connectivity index (χ0v) is 14.8. The first kappa shape index (κ1) is 18.2. The van der Waals surface area contributed by atoms with Crippen molar-refractivity contribution in [1.29, 1.82) is 0 Å². The maximum atomic E-state index is 12.2. The highest BCUT2D eigenvalue weighted by molar-refractivity contribution is 7.89. The summed E-state index contributed by atoms with van der Waals surface area (Å²) >= 11 is 5.96. The molecule has 0 unspecified atom stereocenters. The number of sulfonamides is 1. The number of methoxy groups -OCH3 is 1. The third-order valence-corrected chi connectivity index (χ3v) is 5.03. The van der Waals surface area contributed by atoms with Crippen LogP contribution in [0.2, 0.25) is 5.02 Å². The van der Waals surface area contributed by atoms with E-state index in [0.717, 1.165) is 0 Å². The van der Waals surface area contributed by atoms with Gasteiger partial charge in [-0.1, -0.05) is 16.8 Å². The standard InChI is InChI=1S/C14H16ClN3O5S/c1-8-14(9(2)23-18-8)24(20,21)16-7-13(19)17-10-4-5-12(22-3)11(15)6-10/h4-6,16H,7H2,1-3H3,(H,17,19). The van der Waals surface area contributed by atoms with Gasteiger partial charge in [0.1, 0.15) is 16.3 Å². The topological polar surface area (TPSA) is 111 Å². The van der Waals surface area contributed by atoms with Crippen molar-refractivity contribution in [3.05, 3.63) is 34.7 Å². The lowest BCUT2D eigenvalue weighted by atomic mass is 10.3. The van der Waals surface area contributed by atoms with Crippen LogP contribution < -0.4 is 14.8 Å². The van der Waals surface area contributed by atoms with Crippen LogP contribution in [0.5, 0.6) is 5.75 Å². The first-order valence-electron chi connectivity index (χ1n) is 6.80. The summed E-state index contributed by atoms with van der Waals surface area (Å²) < 4.78 is 36.4. The van der Waals surface area contributed by atoms with E-state index in [9.17, 15) is 13.2 Å². The molecule has 1 aromatic carbocycles. The lowest BCUT2D eigenvalue weighted by Gasteiger charge is -2.09. The number of halogens is 1. The molecule has 10 heteroatoms. The van der Waals surface area contributed by atoms with E-state index in [1.54, 1.807) is 12.1 Å². The molecule has 2 aromatic rings. The number of anilines is 1. The fourth-order valence-electron chi connectivity index (χ4n) is 2.04. The highest BCUT2D eigenvalue weighted by Gasteiger charge is 2.24. The SMILES string of the molecule is COc1ccc(NC(=O)CNS(=O)(=O)c2c(C)noc2C)cc1Cl. The van der Waals surface area contributed by atoms with E-state index in [2.05, 4.69) is 15.2 Å². The van der Waals surface area contributed by atoms with Gasteiger partial charge in [-0.15, -0.1) is 0 Å². The number of aryl methyl sites for hydroxylation is 2. The summed E-state index contributed by atoms with van der Waals surface area (Å²) in [6.45, 7) is 2.54. The van der Waals surface area contributed by atoms with Crippen LogP contribution in [0.25, 0.3) is 0 Å². The summed E-state index contributed by atoms with van der Waals surface area (Å²) in [6, 6.07) is 4.68. The highest BCUT2D eigenvalue weighted by Crippen LogP contribution is 2.27. The molecule has 1 heterocycles. The van der Waals surface area contributed by atoms with Gasteiger partial charge < -0.3 is 14.6 Å². The molecule has 0 spiro atoms. The Hall–Kier alpha value is -2.10. The van der Waals surface area contributed by atoms with E-state index in [0.29, 0.717) is 16.5 Å². The number of hydrogen-bond donors (Lipinski definition) is 2. The number of carbonyl (C=O) groups is 1. The van der Waals surface area contributed by atoms with Gasteiger partial charge in [-0.2, -0.15) is 0 Å². The minimum absolute atomic E-state index is 0.0669. The van der Waals surface area contributed by atoms with Crippen molar-refractivity contribution in [3.8, 4) is 5.75 Å². The van der Waals surface area contributed by atoms with Crippen LogP contribution in [0.15, 0.2) is 27.6 Å². The molecule has 1 amide bonds. The Balaban J connectivity index is 2.02. The number of hydrogen-bond acceptors (Lipinski definition) is 6. The Morgan fingerprint density at radius 2 is 2.08 bits per heavy atom. The minimum atomic E-state index is -3.90. The second-order valence-corrected chi connectivity index (χ2v) is 6.99. The number of rotatable bonds is 6. The van der Waals surface area contributed by atoms with Gasteiger partial charge in [0.05, 0.1) is 18.7 Å².